The number of hydrogen-bond donors (Lipinski definition) is 2. The van der Waals surface area contributed by atoms with E-state index in [1.54, 1.807) is 12.1 Å². The molecule has 0 spiro atoms. The Morgan fingerprint density at radius 1 is 1.24 bits per heavy atom. The molecule has 2 N–H and O–H groups in total. The summed E-state index contributed by atoms with van der Waals surface area (Å²) in [5.41, 5.74) is -0.130. The number of thiophene rings is 1. The molecule has 3 amide bonds. The maximum Gasteiger partial charge on any atom is 0.265 e. The number of nitrogens with zero attached hydrogens (tertiary/aromatic N) is 2. The Hall–Kier alpha value is -2.60. The fourth-order valence-electron chi connectivity index (χ4n) is 4.07. The highest BCUT2D eigenvalue weighted by Crippen LogP contribution is 2.32. The number of anilines is 2. The van der Waals surface area contributed by atoms with E-state index in [0.717, 1.165) is 11.3 Å². The molecule has 0 radical (unpaired) electrons. The minimum absolute atomic E-state index is 0.0227. The largest absolute Gasteiger partial charge is 0.370 e. The molecule has 1 aliphatic heterocycles. The molecule has 0 unspecified atom stereocenters. The van der Waals surface area contributed by atoms with Gasteiger partial charge in [0.25, 0.3) is 18.2 Å². The van der Waals surface area contributed by atoms with E-state index in [1.807, 2.05) is 25.7 Å². The van der Waals surface area contributed by atoms with Gasteiger partial charge in [-0.05, 0) is 42.8 Å². The molecule has 1 fully saturated rings. The van der Waals surface area contributed by atoms with Crippen molar-refractivity contribution in [3.63, 3.8) is 0 Å². The zero-order chi connectivity index (χ0) is 27.1. The SMILES string of the molecule is CCN(CC(C)C)[C@@H](CNC(=O)c1ccc(Cl)s1)C(=O)Nc1ccc(N2CCOCC2=O)cc1C(F)F. The molecule has 202 valence electrons. The lowest BCUT2D eigenvalue weighted by atomic mass is 10.1. The number of rotatable bonds is 11. The molecular formula is C25H31ClF2N4O4S. The Balaban J connectivity index is 1.82. The van der Waals surface area contributed by atoms with E-state index in [4.69, 9.17) is 16.3 Å². The van der Waals surface area contributed by atoms with Crippen LogP contribution >= 0.6 is 22.9 Å². The zero-order valence-electron chi connectivity index (χ0n) is 20.9. The number of amides is 3. The van der Waals surface area contributed by atoms with Gasteiger partial charge in [0.1, 0.15) is 12.6 Å². The van der Waals surface area contributed by atoms with Crippen molar-refractivity contribution in [1.82, 2.24) is 10.2 Å². The van der Waals surface area contributed by atoms with Gasteiger partial charge in [-0.3, -0.25) is 19.3 Å². The van der Waals surface area contributed by atoms with Crippen LogP contribution in [0.1, 0.15) is 42.4 Å². The van der Waals surface area contributed by atoms with Crippen LogP contribution in [0.5, 0.6) is 0 Å². The molecule has 2 heterocycles. The van der Waals surface area contributed by atoms with Gasteiger partial charge < -0.3 is 20.3 Å². The Kier molecular flexibility index (Phi) is 10.4. The molecule has 1 aromatic carbocycles. The van der Waals surface area contributed by atoms with Crippen LogP contribution in [0, 0.1) is 5.92 Å². The topological polar surface area (TPSA) is 91.0 Å². The summed E-state index contributed by atoms with van der Waals surface area (Å²) >= 11 is 7.05. The van der Waals surface area contributed by atoms with Crippen molar-refractivity contribution in [2.75, 3.05) is 49.6 Å². The highest BCUT2D eigenvalue weighted by atomic mass is 35.5. The van der Waals surface area contributed by atoms with Crippen LogP contribution in [0.25, 0.3) is 0 Å². The molecule has 1 saturated heterocycles. The van der Waals surface area contributed by atoms with Crippen LogP contribution in [0.4, 0.5) is 20.2 Å². The van der Waals surface area contributed by atoms with E-state index >= 15 is 0 Å². The van der Waals surface area contributed by atoms with Gasteiger partial charge in [-0.15, -0.1) is 11.3 Å². The second kappa shape index (κ2) is 13.3. The van der Waals surface area contributed by atoms with Crippen molar-refractivity contribution in [3.8, 4) is 0 Å². The van der Waals surface area contributed by atoms with Crippen LogP contribution in [0.2, 0.25) is 4.34 Å². The molecule has 12 heteroatoms. The number of hydrogen-bond acceptors (Lipinski definition) is 6. The number of carbonyl (C=O) groups is 3. The molecule has 1 aromatic heterocycles. The van der Waals surface area contributed by atoms with E-state index in [0.29, 0.717) is 34.6 Å². The number of alkyl halides is 2. The summed E-state index contributed by atoms with van der Waals surface area (Å²) in [5, 5.41) is 5.40. The fourth-order valence-corrected chi connectivity index (χ4v) is 5.03. The van der Waals surface area contributed by atoms with Crippen LogP contribution in [0.15, 0.2) is 30.3 Å². The van der Waals surface area contributed by atoms with E-state index in [9.17, 15) is 23.2 Å². The normalized spacial score (nSPS) is 14.9. The molecule has 8 nitrogen and oxygen atoms in total. The van der Waals surface area contributed by atoms with Crippen molar-refractivity contribution in [1.29, 1.82) is 0 Å². The average Bonchev–Trinajstić information content (AvgIpc) is 3.30. The highest BCUT2D eigenvalue weighted by molar-refractivity contribution is 7.18. The molecule has 1 aliphatic rings. The van der Waals surface area contributed by atoms with Gasteiger partial charge >= 0.3 is 0 Å². The standard InChI is InChI=1S/C25H31ClF2N4O4S/c1-4-31(13-15(2)3)19(12-29-25(35)20-7-8-21(26)37-20)24(34)30-18-6-5-16(11-17(18)23(27)28)32-9-10-36-14-22(32)33/h5-8,11,15,19,23H,4,9-10,12-14H2,1-3H3,(H,29,35)(H,30,34)/t19-/m0/s1. The van der Waals surface area contributed by atoms with E-state index in [-0.39, 0.29) is 43.1 Å². The van der Waals surface area contributed by atoms with Crippen molar-refractivity contribution < 1.29 is 27.9 Å². The van der Waals surface area contributed by atoms with E-state index in [2.05, 4.69) is 10.6 Å². The molecule has 2 aromatic rings. The second-order valence-electron chi connectivity index (χ2n) is 8.97. The Bertz CT molecular complexity index is 1110. The summed E-state index contributed by atoms with van der Waals surface area (Å²) < 4.78 is 33.6. The first-order chi connectivity index (χ1) is 17.6. The summed E-state index contributed by atoms with van der Waals surface area (Å²) in [5.74, 6) is -0.991. The summed E-state index contributed by atoms with van der Waals surface area (Å²) in [4.78, 5) is 41.8. The van der Waals surface area contributed by atoms with Crippen LogP contribution in [-0.2, 0) is 14.3 Å². The van der Waals surface area contributed by atoms with Gasteiger partial charge in [0.2, 0.25) is 5.91 Å². The number of carbonyl (C=O) groups excluding carboxylic acids is 3. The lowest BCUT2D eigenvalue weighted by Crippen LogP contribution is -2.51. The maximum atomic E-state index is 14.0. The lowest BCUT2D eigenvalue weighted by Gasteiger charge is -2.31. The third kappa shape index (κ3) is 7.70. The number of benzene rings is 1. The first-order valence-corrected chi connectivity index (χ1v) is 13.2. The monoisotopic (exact) mass is 556 g/mol. The Labute approximate surface area is 223 Å². The van der Waals surface area contributed by atoms with E-state index < -0.39 is 23.9 Å². The minimum Gasteiger partial charge on any atom is -0.370 e. The molecule has 0 bridgehead atoms. The summed E-state index contributed by atoms with van der Waals surface area (Å²) in [6.45, 7) is 7.40. The molecule has 3 rings (SSSR count). The quantitative estimate of drug-likeness (QED) is 0.428. The first kappa shape index (κ1) is 29.0. The number of nitrogens with one attached hydrogen (secondary N) is 2. The van der Waals surface area contributed by atoms with Gasteiger partial charge in [0, 0.05) is 36.6 Å². The summed E-state index contributed by atoms with van der Waals surface area (Å²) in [6.07, 6.45) is -2.88. The molecule has 0 aliphatic carbocycles. The zero-order valence-corrected chi connectivity index (χ0v) is 22.5. The molecule has 0 saturated carbocycles. The Morgan fingerprint density at radius 2 is 2.00 bits per heavy atom. The summed E-state index contributed by atoms with van der Waals surface area (Å²) in [6, 6.07) is 6.51. The smallest absolute Gasteiger partial charge is 0.265 e. The lowest BCUT2D eigenvalue weighted by molar-refractivity contribution is -0.125. The van der Waals surface area contributed by atoms with Crippen LogP contribution in [-0.4, -0.2) is 68.1 Å². The minimum atomic E-state index is -2.88. The number of likely N-dealkylation sites (N-methyl/N-ethyl adjacent to an activating group) is 1. The second-order valence-corrected chi connectivity index (χ2v) is 10.7. The predicted octanol–water partition coefficient (Wildman–Crippen LogP) is 4.42. The third-order valence-electron chi connectivity index (χ3n) is 5.83. The predicted molar refractivity (Wildman–Crippen MR) is 141 cm³/mol. The van der Waals surface area contributed by atoms with Crippen LogP contribution < -0.4 is 15.5 Å². The first-order valence-electron chi connectivity index (χ1n) is 12.0. The third-order valence-corrected chi connectivity index (χ3v) is 7.06. The summed E-state index contributed by atoms with van der Waals surface area (Å²) in [7, 11) is 0. The average molecular weight is 557 g/mol. The highest BCUT2D eigenvalue weighted by Gasteiger charge is 2.29. The van der Waals surface area contributed by atoms with Crippen molar-refractivity contribution >= 4 is 52.0 Å². The Morgan fingerprint density at radius 3 is 2.59 bits per heavy atom. The van der Waals surface area contributed by atoms with Crippen molar-refractivity contribution in [2.24, 2.45) is 5.92 Å². The fraction of sp³-hybridized carbons (Fsp3) is 0.480. The molecule has 37 heavy (non-hydrogen) atoms. The van der Waals surface area contributed by atoms with Gasteiger partial charge in [-0.2, -0.15) is 0 Å². The van der Waals surface area contributed by atoms with Crippen molar-refractivity contribution in [3.05, 3.63) is 45.1 Å². The maximum absolute atomic E-state index is 14.0. The van der Waals surface area contributed by atoms with Gasteiger partial charge in [-0.25, -0.2) is 8.78 Å². The number of ether oxygens (including phenoxy) is 1. The molecular weight excluding hydrogens is 526 g/mol. The molecule has 1 atom stereocenters. The number of halogens is 3. The van der Waals surface area contributed by atoms with Crippen LogP contribution in [0.3, 0.4) is 0 Å². The number of morpholine rings is 1. The van der Waals surface area contributed by atoms with Crippen molar-refractivity contribution in [2.45, 2.75) is 33.2 Å². The van der Waals surface area contributed by atoms with E-state index in [1.165, 1.54) is 23.1 Å². The van der Waals surface area contributed by atoms with Gasteiger partial charge in [0.15, 0.2) is 0 Å². The van der Waals surface area contributed by atoms with Gasteiger partial charge in [0.05, 0.1) is 15.8 Å². The van der Waals surface area contributed by atoms with Gasteiger partial charge in [-0.1, -0.05) is 32.4 Å².